The number of halogens is 3. The number of carbonyl (C=O) groups excluding carboxylic acids is 1. The molecule has 0 aliphatic carbocycles. The lowest BCUT2D eigenvalue weighted by Crippen LogP contribution is -2.20. The normalized spacial score (nSPS) is 11.0. The first-order valence-electron chi connectivity index (χ1n) is 8.49. The summed E-state index contributed by atoms with van der Waals surface area (Å²) in [6.07, 6.45) is 0. The highest BCUT2D eigenvalue weighted by Crippen LogP contribution is 2.20. The van der Waals surface area contributed by atoms with E-state index < -0.39 is 32.5 Å². The first-order valence-corrected chi connectivity index (χ1v) is 10.8. The largest absolute Gasteiger partial charge is 0.484 e. The Kier molecular flexibility index (Phi) is 6.68. The van der Waals surface area contributed by atoms with Crippen molar-refractivity contribution in [3.05, 3.63) is 82.8 Å². The van der Waals surface area contributed by atoms with E-state index in [9.17, 15) is 22.0 Å². The third kappa shape index (κ3) is 5.77. The van der Waals surface area contributed by atoms with Crippen LogP contribution >= 0.6 is 15.9 Å². The number of amides is 1. The van der Waals surface area contributed by atoms with Crippen molar-refractivity contribution in [2.24, 2.45) is 0 Å². The van der Waals surface area contributed by atoms with Gasteiger partial charge in [-0.15, -0.1) is 0 Å². The van der Waals surface area contributed by atoms with Crippen molar-refractivity contribution in [3.63, 3.8) is 0 Å². The van der Waals surface area contributed by atoms with Gasteiger partial charge in [0.1, 0.15) is 5.75 Å². The van der Waals surface area contributed by atoms with Crippen LogP contribution in [0.5, 0.6) is 5.75 Å². The first-order chi connectivity index (χ1) is 14.2. The molecular formula is C20H15BrF2N2O4S. The van der Waals surface area contributed by atoms with E-state index in [1.165, 1.54) is 24.3 Å². The molecule has 0 fully saturated rings. The van der Waals surface area contributed by atoms with Crippen molar-refractivity contribution in [1.82, 2.24) is 0 Å². The van der Waals surface area contributed by atoms with Crippen molar-refractivity contribution < 1.29 is 26.7 Å². The average molecular weight is 497 g/mol. The number of ether oxygens (including phenoxy) is 1. The maximum absolute atomic E-state index is 13.3. The molecule has 156 valence electrons. The number of nitrogens with one attached hydrogen (secondary N) is 2. The average Bonchev–Trinajstić information content (AvgIpc) is 2.71. The van der Waals surface area contributed by atoms with Gasteiger partial charge in [0.15, 0.2) is 18.2 Å². The minimum atomic E-state index is -4.10. The number of hydrogen-bond donors (Lipinski definition) is 2. The summed E-state index contributed by atoms with van der Waals surface area (Å²) >= 11 is 3.30. The number of benzene rings is 3. The van der Waals surface area contributed by atoms with Crippen LogP contribution in [0.4, 0.5) is 20.2 Å². The molecule has 0 atom stereocenters. The summed E-state index contributed by atoms with van der Waals surface area (Å²) in [6, 6.07) is 15.1. The SMILES string of the molecule is O=C(COc1ccc(Br)cc1)Nc1ccc(NS(=O)(=O)c2ccc(F)c(F)c2)cc1. The Morgan fingerprint density at radius 1 is 0.900 bits per heavy atom. The molecule has 0 heterocycles. The Balaban J connectivity index is 1.58. The number of rotatable bonds is 7. The van der Waals surface area contributed by atoms with Crippen LogP contribution in [0.25, 0.3) is 0 Å². The predicted molar refractivity (Wildman–Crippen MR) is 112 cm³/mol. The lowest BCUT2D eigenvalue weighted by Gasteiger charge is -2.10. The molecule has 0 aliphatic heterocycles. The molecular weight excluding hydrogens is 482 g/mol. The van der Waals surface area contributed by atoms with Gasteiger partial charge in [-0.05, 0) is 66.7 Å². The Morgan fingerprint density at radius 3 is 2.17 bits per heavy atom. The van der Waals surface area contributed by atoms with Crippen LogP contribution in [-0.4, -0.2) is 20.9 Å². The van der Waals surface area contributed by atoms with Gasteiger partial charge >= 0.3 is 0 Å². The zero-order valence-corrected chi connectivity index (χ0v) is 17.6. The molecule has 3 aromatic rings. The standard InChI is InChI=1S/C20H15BrF2N2O4S/c21-13-1-7-16(8-2-13)29-12-20(26)24-14-3-5-15(6-4-14)25-30(27,28)17-9-10-18(22)19(23)11-17/h1-11,25H,12H2,(H,24,26). The minimum Gasteiger partial charge on any atom is -0.484 e. The van der Waals surface area contributed by atoms with E-state index >= 15 is 0 Å². The van der Waals surface area contributed by atoms with Crippen LogP contribution in [0.1, 0.15) is 0 Å². The molecule has 0 saturated carbocycles. The zero-order chi connectivity index (χ0) is 21.7. The second-order valence-electron chi connectivity index (χ2n) is 6.05. The maximum atomic E-state index is 13.3. The molecule has 0 spiro atoms. The molecule has 3 rings (SSSR count). The lowest BCUT2D eigenvalue weighted by atomic mass is 10.3. The van der Waals surface area contributed by atoms with Gasteiger partial charge in [-0.25, -0.2) is 17.2 Å². The minimum absolute atomic E-state index is 0.184. The fraction of sp³-hybridized carbons (Fsp3) is 0.0500. The molecule has 6 nitrogen and oxygen atoms in total. The van der Waals surface area contributed by atoms with Gasteiger partial charge in [0, 0.05) is 15.8 Å². The van der Waals surface area contributed by atoms with Crippen LogP contribution in [0.2, 0.25) is 0 Å². The van der Waals surface area contributed by atoms with E-state index in [1.807, 2.05) is 0 Å². The number of hydrogen-bond acceptors (Lipinski definition) is 4. The first kappa shape index (κ1) is 21.7. The Bertz CT molecular complexity index is 1150. The topological polar surface area (TPSA) is 84.5 Å². The second-order valence-corrected chi connectivity index (χ2v) is 8.65. The molecule has 0 bridgehead atoms. The van der Waals surface area contributed by atoms with E-state index in [4.69, 9.17) is 4.74 Å². The van der Waals surface area contributed by atoms with E-state index in [2.05, 4.69) is 26.0 Å². The molecule has 30 heavy (non-hydrogen) atoms. The smallest absolute Gasteiger partial charge is 0.262 e. The second kappa shape index (κ2) is 9.23. The molecule has 1 amide bonds. The van der Waals surface area contributed by atoms with Crippen LogP contribution in [0.3, 0.4) is 0 Å². The molecule has 10 heteroatoms. The number of sulfonamides is 1. The van der Waals surface area contributed by atoms with Crippen molar-refractivity contribution in [1.29, 1.82) is 0 Å². The van der Waals surface area contributed by atoms with Gasteiger partial charge in [0.05, 0.1) is 4.90 Å². The summed E-state index contributed by atoms with van der Waals surface area (Å²) in [6.45, 7) is -0.202. The van der Waals surface area contributed by atoms with Crippen LogP contribution < -0.4 is 14.8 Å². The summed E-state index contributed by atoms with van der Waals surface area (Å²) in [4.78, 5) is 11.6. The van der Waals surface area contributed by atoms with Gasteiger partial charge in [-0.1, -0.05) is 15.9 Å². The van der Waals surface area contributed by atoms with Crippen molar-refractivity contribution in [2.75, 3.05) is 16.6 Å². The summed E-state index contributed by atoms with van der Waals surface area (Å²) in [7, 11) is -4.10. The fourth-order valence-electron chi connectivity index (χ4n) is 2.36. The molecule has 2 N–H and O–H groups in total. The van der Waals surface area contributed by atoms with Gasteiger partial charge in [0.2, 0.25) is 0 Å². The maximum Gasteiger partial charge on any atom is 0.262 e. The highest BCUT2D eigenvalue weighted by atomic mass is 79.9. The molecule has 3 aromatic carbocycles. The van der Waals surface area contributed by atoms with Crippen LogP contribution in [0, 0.1) is 11.6 Å². The van der Waals surface area contributed by atoms with Crippen molar-refractivity contribution in [2.45, 2.75) is 4.90 Å². The van der Waals surface area contributed by atoms with Gasteiger partial charge in [0.25, 0.3) is 15.9 Å². The highest BCUT2D eigenvalue weighted by Gasteiger charge is 2.16. The quantitative estimate of drug-likeness (QED) is 0.502. The van der Waals surface area contributed by atoms with E-state index in [1.54, 1.807) is 24.3 Å². The molecule has 0 aliphatic rings. The summed E-state index contributed by atoms with van der Waals surface area (Å²) in [5, 5.41) is 2.62. The van der Waals surface area contributed by atoms with Crippen LogP contribution in [0.15, 0.2) is 76.1 Å². The monoisotopic (exact) mass is 496 g/mol. The number of carbonyl (C=O) groups is 1. The molecule has 0 unspecified atom stereocenters. The molecule has 0 saturated heterocycles. The van der Waals surface area contributed by atoms with Crippen molar-refractivity contribution in [3.8, 4) is 5.75 Å². The third-order valence-corrected chi connectivity index (χ3v) is 5.71. The van der Waals surface area contributed by atoms with E-state index in [-0.39, 0.29) is 12.3 Å². The predicted octanol–water partition coefficient (Wildman–Crippen LogP) is 4.55. The lowest BCUT2D eigenvalue weighted by molar-refractivity contribution is -0.118. The van der Waals surface area contributed by atoms with E-state index in [0.29, 0.717) is 17.5 Å². The Hall–Kier alpha value is -2.98. The van der Waals surface area contributed by atoms with E-state index in [0.717, 1.165) is 16.6 Å². The Labute approximate surface area is 180 Å². The summed E-state index contributed by atoms with van der Waals surface area (Å²) in [5.41, 5.74) is 0.610. The number of anilines is 2. The summed E-state index contributed by atoms with van der Waals surface area (Å²) < 4.78 is 59.4. The fourth-order valence-corrected chi connectivity index (χ4v) is 3.69. The summed E-state index contributed by atoms with van der Waals surface area (Å²) in [5.74, 6) is -2.26. The Morgan fingerprint density at radius 2 is 1.53 bits per heavy atom. The molecule has 0 radical (unpaired) electrons. The molecule has 0 aromatic heterocycles. The van der Waals surface area contributed by atoms with Crippen molar-refractivity contribution >= 4 is 43.2 Å². The third-order valence-electron chi connectivity index (χ3n) is 3.81. The van der Waals surface area contributed by atoms with Crippen LogP contribution in [-0.2, 0) is 14.8 Å². The highest BCUT2D eigenvalue weighted by molar-refractivity contribution is 9.10. The zero-order valence-electron chi connectivity index (χ0n) is 15.2. The van der Waals surface area contributed by atoms with Gasteiger partial charge < -0.3 is 10.1 Å². The van der Waals surface area contributed by atoms with Gasteiger partial charge in [-0.3, -0.25) is 9.52 Å². The van der Waals surface area contributed by atoms with Gasteiger partial charge in [-0.2, -0.15) is 0 Å².